The SMILES string of the molecule is COc1cc(C2NC(=O)c3oc4ccccc4c3N2)ccc1OCc1ccccc1. The third-order valence-corrected chi connectivity index (χ3v) is 5.12. The van der Waals surface area contributed by atoms with Crippen LogP contribution < -0.4 is 20.1 Å². The summed E-state index contributed by atoms with van der Waals surface area (Å²) >= 11 is 0. The van der Waals surface area contributed by atoms with E-state index in [-0.39, 0.29) is 5.91 Å². The van der Waals surface area contributed by atoms with Crippen molar-refractivity contribution in [1.82, 2.24) is 5.32 Å². The standard InChI is InChI=1S/C24H20N2O4/c1-28-20-13-16(11-12-19(20)29-14-15-7-3-2-4-8-15)23-25-21-17-9-5-6-10-18(17)30-22(21)24(27)26-23/h2-13,23,25H,14H2,1H3,(H,26,27). The lowest BCUT2D eigenvalue weighted by Gasteiger charge is -2.26. The average Bonchev–Trinajstić information content (AvgIpc) is 3.18. The second kappa shape index (κ2) is 7.48. The molecule has 0 saturated carbocycles. The van der Waals surface area contributed by atoms with Gasteiger partial charge >= 0.3 is 0 Å². The highest BCUT2D eigenvalue weighted by Crippen LogP contribution is 2.37. The first kappa shape index (κ1) is 18.1. The van der Waals surface area contributed by atoms with Gasteiger partial charge in [-0.2, -0.15) is 0 Å². The van der Waals surface area contributed by atoms with Crippen molar-refractivity contribution in [2.45, 2.75) is 12.8 Å². The van der Waals surface area contributed by atoms with Gasteiger partial charge in [0.1, 0.15) is 18.4 Å². The largest absolute Gasteiger partial charge is 0.493 e. The molecule has 4 aromatic rings. The number of carbonyl (C=O) groups excluding carboxylic acids is 1. The number of rotatable bonds is 5. The Hall–Kier alpha value is -3.93. The number of para-hydroxylation sites is 1. The predicted octanol–water partition coefficient (Wildman–Crippen LogP) is 4.87. The second-order valence-electron chi connectivity index (χ2n) is 7.04. The summed E-state index contributed by atoms with van der Waals surface area (Å²) in [5.41, 5.74) is 3.29. The summed E-state index contributed by atoms with van der Waals surface area (Å²) in [7, 11) is 1.60. The van der Waals surface area contributed by atoms with Crippen molar-refractivity contribution in [2.24, 2.45) is 0 Å². The Morgan fingerprint density at radius 2 is 1.73 bits per heavy atom. The van der Waals surface area contributed by atoms with E-state index in [0.29, 0.717) is 35.1 Å². The van der Waals surface area contributed by atoms with Gasteiger partial charge in [-0.05, 0) is 35.4 Å². The summed E-state index contributed by atoms with van der Waals surface area (Å²) < 4.78 is 17.2. The van der Waals surface area contributed by atoms with Crippen LogP contribution in [0.1, 0.15) is 27.8 Å². The molecule has 150 valence electrons. The minimum absolute atomic E-state index is 0.256. The molecule has 1 aromatic heterocycles. The third-order valence-electron chi connectivity index (χ3n) is 5.12. The first-order chi connectivity index (χ1) is 14.7. The van der Waals surface area contributed by atoms with Crippen LogP contribution in [0.2, 0.25) is 0 Å². The van der Waals surface area contributed by atoms with Crippen LogP contribution in [-0.4, -0.2) is 13.0 Å². The molecule has 5 rings (SSSR count). The molecule has 1 aliphatic rings. The minimum Gasteiger partial charge on any atom is -0.493 e. The number of fused-ring (bicyclic) bond motifs is 3. The van der Waals surface area contributed by atoms with E-state index in [1.807, 2.05) is 72.8 Å². The number of hydrogen-bond acceptors (Lipinski definition) is 5. The van der Waals surface area contributed by atoms with Gasteiger partial charge in [-0.1, -0.05) is 48.5 Å². The van der Waals surface area contributed by atoms with Crippen molar-refractivity contribution in [3.63, 3.8) is 0 Å². The fraction of sp³-hybridized carbons (Fsp3) is 0.125. The molecule has 6 heteroatoms. The van der Waals surface area contributed by atoms with Crippen LogP contribution in [0.4, 0.5) is 5.69 Å². The van der Waals surface area contributed by atoms with Crippen LogP contribution in [-0.2, 0) is 6.61 Å². The Morgan fingerprint density at radius 3 is 2.57 bits per heavy atom. The van der Waals surface area contributed by atoms with E-state index in [4.69, 9.17) is 13.9 Å². The van der Waals surface area contributed by atoms with Gasteiger partial charge in [-0.15, -0.1) is 0 Å². The van der Waals surface area contributed by atoms with Crippen LogP contribution in [0, 0.1) is 0 Å². The van der Waals surface area contributed by atoms with E-state index in [0.717, 1.165) is 16.5 Å². The van der Waals surface area contributed by atoms with Crippen molar-refractivity contribution in [2.75, 3.05) is 12.4 Å². The molecular weight excluding hydrogens is 380 g/mol. The maximum Gasteiger partial charge on any atom is 0.291 e. The van der Waals surface area contributed by atoms with Crippen molar-refractivity contribution in [3.05, 3.63) is 89.7 Å². The van der Waals surface area contributed by atoms with E-state index in [1.54, 1.807) is 7.11 Å². The number of amides is 1. The topological polar surface area (TPSA) is 72.7 Å². The molecule has 2 heterocycles. The molecule has 1 amide bonds. The van der Waals surface area contributed by atoms with Crippen molar-refractivity contribution in [1.29, 1.82) is 0 Å². The Kier molecular flexibility index (Phi) is 4.52. The molecule has 0 aliphatic carbocycles. The second-order valence-corrected chi connectivity index (χ2v) is 7.04. The van der Waals surface area contributed by atoms with Gasteiger partial charge in [0.15, 0.2) is 11.5 Å². The minimum atomic E-state index is -0.414. The number of methoxy groups -OCH3 is 1. The number of benzene rings is 3. The fourth-order valence-electron chi connectivity index (χ4n) is 3.61. The molecule has 0 spiro atoms. The number of furan rings is 1. The number of nitrogens with one attached hydrogen (secondary N) is 2. The van der Waals surface area contributed by atoms with Crippen molar-refractivity contribution >= 4 is 22.6 Å². The summed E-state index contributed by atoms with van der Waals surface area (Å²) in [5.74, 6) is 1.28. The van der Waals surface area contributed by atoms with Crippen LogP contribution in [0.15, 0.2) is 77.2 Å². The zero-order valence-corrected chi connectivity index (χ0v) is 16.3. The average molecular weight is 400 g/mol. The van der Waals surface area contributed by atoms with Crippen molar-refractivity contribution < 1.29 is 18.7 Å². The molecule has 3 aromatic carbocycles. The predicted molar refractivity (Wildman–Crippen MR) is 114 cm³/mol. The van der Waals surface area contributed by atoms with E-state index >= 15 is 0 Å². The quantitative estimate of drug-likeness (QED) is 0.500. The Labute approximate surface area is 173 Å². The summed E-state index contributed by atoms with van der Waals surface area (Å²) in [6.07, 6.45) is -0.414. The van der Waals surface area contributed by atoms with Crippen molar-refractivity contribution in [3.8, 4) is 11.5 Å². The normalized spacial score (nSPS) is 15.2. The van der Waals surface area contributed by atoms with E-state index in [2.05, 4.69) is 10.6 Å². The van der Waals surface area contributed by atoms with E-state index in [9.17, 15) is 4.79 Å². The number of ether oxygens (including phenoxy) is 2. The third kappa shape index (κ3) is 3.22. The highest BCUT2D eigenvalue weighted by Gasteiger charge is 2.30. The molecule has 0 bridgehead atoms. The summed E-state index contributed by atoms with van der Waals surface area (Å²) in [6, 6.07) is 23.2. The van der Waals surface area contributed by atoms with Crippen LogP contribution in [0.5, 0.6) is 11.5 Å². The van der Waals surface area contributed by atoms with Gasteiger partial charge in [0.05, 0.1) is 12.8 Å². The molecule has 1 unspecified atom stereocenters. The van der Waals surface area contributed by atoms with Crippen LogP contribution in [0.25, 0.3) is 11.0 Å². The summed E-state index contributed by atoms with van der Waals surface area (Å²) in [4.78, 5) is 12.6. The number of anilines is 1. The Balaban J connectivity index is 1.41. The van der Waals surface area contributed by atoms with E-state index < -0.39 is 6.17 Å². The molecule has 6 nitrogen and oxygen atoms in total. The Bertz CT molecular complexity index is 1220. The lowest BCUT2D eigenvalue weighted by atomic mass is 10.1. The highest BCUT2D eigenvalue weighted by molar-refractivity contribution is 6.08. The van der Waals surface area contributed by atoms with Gasteiger partial charge in [0, 0.05) is 5.39 Å². The summed E-state index contributed by atoms with van der Waals surface area (Å²) in [5, 5.41) is 7.19. The zero-order chi connectivity index (χ0) is 20.5. The lowest BCUT2D eigenvalue weighted by molar-refractivity contribution is 0.0909. The first-order valence-corrected chi connectivity index (χ1v) is 9.66. The van der Waals surface area contributed by atoms with Gasteiger partial charge in [-0.25, -0.2) is 0 Å². The lowest BCUT2D eigenvalue weighted by Crippen LogP contribution is -2.37. The van der Waals surface area contributed by atoms with Gasteiger partial charge in [0.25, 0.3) is 5.91 Å². The Morgan fingerprint density at radius 1 is 0.933 bits per heavy atom. The highest BCUT2D eigenvalue weighted by atomic mass is 16.5. The molecule has 0 fully saturated rings. The fourth-order valence-corrected chi connectivity index (χ4v) is 3.61. The smallest absolute Gasteiger partial charge is 0.291 e. The monoisotopic (exact) mass is 400 g/mol. The number of carbonyl (C=O) groups is 1. The molecule has 1 atom stereocenters. The molecule has 1 aliphatic heterocycles. The van der Waals surface area contributed by atoms with Gasteiger partial charge < -0.3 is 24.5 Å². The molecule has 0 radical (unpaired) electrons. The molecule has 0 saturated heterocycles. The molecule has 2 N–H and O–H groups in total. The first-order valence-electron chi connectivity index (χ1n) is 9.66. The molecular formula is C24H20N2O4. The van der Waals surface area contributed by atoms with E-state index in [1.165, 1.54) is 0 Å². The van der Waals surface area contributed by atoms with Gasteiger partial charge in [0.2, 0.25) is 5.76 Å². The molecule has 30 heavy (non-hydrogen) atoms. The number of hydrogen-bond donors (Lipinski definition) is 2. The summed E-state index contributed by atoms with van der Waals surface area (Å²) in [6.45, 7) is 0.444. The zero-order valence-electron chi connectivity index (χ0n) is 16.3. The van der Waals surface area contributed by atoms with Gasteiger partial charge in [-0.3, -0.25) is 4.79 Å². The maximum atomic E-state index is 12.6. The van der Waals surface area contributed by atoms with Crippen LogP contribution >= 0.6 is 0 Å². The van der Waals surface area contributed by atoms with Crippen LogP contribution in [0.3, 0.4) is 0 Å². The maximum absolute atomic E-state index is 12.6.